The molecule has 0 radical (unpaired) electrons. The maximum absolute atomic E-state index is 12.6. The second-order valence-corrected chi connectivity index (χ2v) is 6.60. The van der Waals surface area contributed by atoms with Crippen LogP contribution in [0.2, 0.25) is 0 Å². The molecule has 1 amide bonds. The minimum atomic E-state index is 0.149. The molecule has 2 saturated heterocycles. The molecule has 3 heteroatoms. The van der Waals surface area contributed by atoms with Crippen LogP contribution >= 0.6 is 0 Å². The predicted octanol–water partition coefficient (Wildman–Crippen LogP) is 2.56. The van der Waals surface area contributed by atoms with Gasteiger partial charge in [0.05, 0.1) is 6.04 Å². The molecule has 2 aliphatic rings. The molecule has 1 aromatic carbocycles. The highest BCUT2D eigenvalue weighted by Crippen LogP contribution is 2.24. The quantitative estimate of drug-likeness (QED) is 0.852. The van der Waals surface area contributed by atoms with Crippen LogP contribution in [0.25, 0.3) is 0 Å². The van der Waals surface area contributed by atoms with E-state index in [2.05, 4.69) is 47.2 Å². The number of carbonyl (C=O) groups is 1. The lowest BCUT2D eigenvalue weighted by Gasteiger charge is -2.35. The Hall–Kier alpha value is -1.35. The first-order chi connectivity index (χ1) is 10.2. The van der Waals surface area contributed by atoms with Crippen molar-refractivity contribution >= 4 is 5.91 Å². The highest BCUT2D eigenvalue weighted by atomic mass is 16.2. The molecule has 0 spiro atoms. The van der Waals surface area contributed by atoms with Crippen molar-refractivity contribution in [3.8, 4) is 0 Å². The fraction of sp³-hybridized carbons (Fsp3) is 0.611. The number of carbonyl (C=O) groups excluding carboxylic acids is 1. The van der Waals surface area contributed by atoms with Crippen molar-refractivity contribution in [1.29, 1.82) is 0 Å². The van der Waals surface area contributed by atoms with Crippen molar-refractivity contribution in [3.63, 3.8) is 0 Å². The van der Waals surface area contributed by atoms with Gasteiger partial charge in [-0.1, -0.05) is 30.3 Å². The van der Waals surface area contributed by atoms with E-state index in [9.17, 15) is 4.79 Å². The number of likely N-dealkylation sites (N-methyl/N-ethyl adjacent to an activating group) is 1. The molecular formula is C18H26N2O. The lowest BCUT2D eigenvalue weighted by atomic mass is 9.90. The molecule has 1 aromatic rings. The van der Waals surface area contributed by atoms with E-state index in [0.717, 1.165) is 57.7 Å². The van der Waals surface area contributed by atoms with Crippen molar-refractivity contribution in [2.24, 2.45) is 5.92 Å². The van der Waals surface area contributed by atoms with Gasteiger partial charge in [0, 0.05) is 13.1 Å². The summed E-state index contributed by atoms with van der Waals surface area (Å²) in [5, 5.41) is 0. The van der Waals surface area contributed by atoms with Crippen molar-refractivity contribution in [2.75, 3.05) is 26.7 Å². The number of hydrogen-bond donors (Lipinski definition) is 0. The molecule has 0 aliphatic carbocycles. The zero-order valence-electron chi connectivity index (χ0n) is 13.0. The van der Waals surface area contributed by atoms with E-state index in [4.69, 9.17) is 0 Å². The van der Waals surface area contributed by atoms with Gasteiger partial charge in [0.15, 0.2) is 0 Å². The van der Waals surface area contributed by atoms with Crippen LogP contribution < -0.4 is 0 Å². The molecule has 0 unspecified atom stereocenters. The Morgan fingerprint density at radius 1 is 1.10 bits per heavy atom. The van der Waals surface area contributed by atoms with Crippen LogP contribution in [0.1, 0.15) is 31.2 Å². The molecule has 0 aromatic heterocycles. The summed E-state index contributed by atoms with van der Waals surface area (Å²) in [5.74, 6) is 1.10. The van der Waals surface area contributed by atoms with E-state index in [1.807, 2.05) is 0 Å². The van der Waals surface area contributed by atoms with Crippen LogP contribution in [-0.4, -0.2) is 48.4 Å². The Morgan fingerprint density at radius 3 is 2.43 bits per heavy atom. The van der Waals surface area contributed by atoms with Gasteiger partial charge in [-0.2, -0.15) is 0 Å². The molecular weight excluding hydrogens is 260 g/mol. The average Bonchev–Trinajstić information content (AvgIpc) is 2.94. The lowest BCUT2D eigenvalue weighted by Crippen LogP contribution is -2.47. The Kier molecular flexibility index (Phi) is 4.59. The summed E-state index contributed by atoms with van der Waals surface area (Å²) >= 11 is 0. The minimum absolute atomic E-state index is 0.149. The lowest BCUT2D eigenvalue weighted by molar-refractivity contribution is -0.137. The van der Waals surface area contributed by atoms with Crippen molar-refractivity contribution in [1.82, 2.24) is 9.80 Å². The summed E-state index contributed by atoms with van der Waals surface area (Å²) in [6, 6.07) is 10.9. The standard InChI is InChI=1S/C18H26N2O/c1-19-11-5-8-17(19)18(21)20-12-9-16(10-13-20)14-15-6-3-2-4-7-15/h2-4,6-7,16-17H,5,8-14H2,1H3/t17-/m0/s1. The van der Waals surface area contributed by atoms with Crippen LogP contribution in [0, 0.1) is 5.92 Å². The van der Waals surface area contributed by atoms with Gasteiger partial charge >= 0.3 is 0 Å². The molecule has 114 valence electrons. The third kappa shape index (κ3) is 3.46. The van der Waals surface area contributed by atoms with Crippen LogP contribution in [-0.2, 0) is 11.2 Å². The largest absolute Gasteiger partial charge is 0.341 e. The minimum Gasteiger partial charge on any atom is -0.341 e. The van der Waals surface area contributed by atoms with E-state index in [1.54, 1.807) is 0 Å². The van der Waals surface area contributed by atoms with Gasteiger partial charge in [0.25, 0.3) is 0 Å². The Morgan fingerprint density at radius 2 is 1.81 bits per heavy atom. The molecule has 0 N–H and O–H groups in total. The molecule has 21 heavy (non-hydrogen) atoms. The molecule has 3 rings (SSSR count). The zero-order valence-corrected chi connectivity index (χ0v) is 13.0. The first-order valence-corrected chi connectivity index (χ1v) is 8.27. The van der Waals surface area contributed by atoms with E-state index in [1.165, 1.54) is 5.56 Å². The molecule has 2 fully saturated rings. The van der Waals surface area contributed by atoms with Crippen LogP contribution in [0.4, 0.5) is 0 Å². The number of piperidine rings is 1. The molecule has 0 bridgehead atoms. The van der Waals surface area contributed by atoms with E-state index in [0.29, 0.717) is 5.91 Å². The van der Waals surface area contributed by atoms with Gasteiger partial charge < -0.3 is 4.90 Å². The van der Waals surface area contributed by atoms with Crippen LogP contribution in [0.3, 0.4) is 0 Å². The Bertz CT molecular complexity index is 465. The topological polar surface area (TPSA) is 23.6 Å². The van der Waals surface area contributed by atoms with E-state index >= 15 is 0 Å². The first-order valence-electron chi connectivity index (χ1n) is 8.27. The molecule has 2 heterocycles. The summed E-state index contributed by atoms with van der Waals surface area (Å²) in [6.45, 7) is 2.96. The zero-order chi connectivity index (χ0) is 14.7. The monoisotopic (exact) mass is 286 g/mol. The maximum Gasteiger partial charge on any atom is 0.239 e. The second kappa shape index (κ2) is 6.61. The number of benzene rings is 1. The summed E-state index contributed by atoms with van der Waals surface area (Å²) in [4.78, 5) is 16.9. The maximum atomic E-state index is 12.6. The SMILES string of the molecule is CN1CCC[C@H]1C(=O)N1CCC(Cc2ccccc2)CC1. The number of hydrogen-bond acceptors (Lipinski definition) is 2. The fourth-order valence-corrected chi connectivity index (χ4v) is 3.74. The third-order valence-corrected chi connectivity index (χ3v) is 5.10. The van der Waals surface area contributed by atoms with E-state index < -0.39 is 0 Å². The summed E-state index contributed by atoms with van der Waals surface area (Å²) < 4.78 is 0. The highest BCUT2D eigenvalue weighted by molar-refractivity contribution is 5.82. The number of nitrogens with zero attached hydrogens (tertiary/aromatic N) is 2. The normalized spacial score (nSPS) is 24.4. The van der Waals surface area contributed by atoms with Crippen LogP contribution in [0.15, 0.2) is 30.3 Å². The fourth-order valence-electron chi connectivity index (χ4n) is 3.74. The van der Waals surface area contributed by atoms with Crippen molar-refractivity contribution in [3.05, 3.63) is 35.9 Å². The van der Waals surface area contributed by atoms with Crippen molar-refractivity contribution in [2.45, 2.75) is 38.1 Å². The Balaban J connectivity index is 1.50. The predicted molar refractivity (Wildman–Crippen MR) is 85.1 cm³/mol. The third-order valence-electron chi connectivity index (χ3n) is 5.10. The molecule has 0 saturated carbocycles. The summed E-state index contributed by atoms with van der Waals surface area (Å²) in [6.07, 6.45) is 5.66. The molecule has 3 nitrogen and oxygen atoms in total. The van der Waals surface area contributed by atoms with Gasteiger partial charge in [-0.15, -0.1) is 0 Å². The Labute approximate surface area is 127 Å². The summed E-state index contributed by atoms with van der Waals surface area (Å²) in [5.41, 5.74) is 1.43. The molecule has 2 aliphatic heterocycles. The van der Waals surface area contributed by atoms with Gasteiger partial charge in [-0.25, -0.2) is 0 Å². The van der Waals surface area contributed by atoms with Gasteiger partial charge in [0.2, 0.25) is 5.91 Å². The second-order valence-electron chi connectivity index (χ2n) is 6.60. The van der Waals surface area contributed by atoms with Gasteiger partial charge in [0.1, 0.15) is 0 Å². The number of likely N-dealkylation sites (tertiary alicyclic amines) is 2. The van der Waals surface area contributed by atoms with Crippen LogP contribution in [0.5, 0.6) is 0 Å². The van der Waals surface area contributed by atoms with Gasteiger partial charge in [-0.05, 0) is 57.2 Å². The van der Waals surface area contributed by atoms with Crippen molar-refractivity contribution < 1.29 is 4.79 Å². The number of amides is 1. The highest BCUT2D eigenvalue weighted by Gasteiger charge is 2.33. The van der Waals surface area contributed by atoms with Gasteiger partial charge in [-0.3, -0.25) is 9.69 Å². The summed E-state index contributed by atoms with van der Waals surface area (Å²) in [7, 11) is 2.08. The average molecular weight is 286 g/mol. The number of rotatable bonds is 3. The smallest absolute Gasteiger partial charge is 0.239 e. The molecule has 1 atom stereocenters. The first kappa shape index (κ1) is 14.6. The van der Waals surface area contributed by atoms with E-state index in [-0.39, 0.29) is 6.04 Å².